The van der Waals surface area contributed by atoms with E-state index in [1.807, 2.05) is 13.8 Å². The molecular formula is C11H21NO3S. The quantitative estimate of drug-likeness (QED) is 0.638. The summed E-state index contributed by atoms with van der Waals surface area (Å²) in [6, 6.07) is 0. The molecule has 4 nitrogen and oxygen atoms in total. The molecule has 0 aliphatic heterocycles. The summed E-state index contributed by atoms with van der Waals surface area (Å²) < 4.78 is 4.61. The van der Waals surface area contributed by atoms with Crippen molar-refractivity contribution in [2.24, 2.45) is 5.92 Å². The zero-order valence-corrected chi connectivity index (χ0v) is 11.3. The molecule has 1 amide bonds. The minimum absolute atomic E-state index is 0.132. The second kappa shape index (κ2) is 8.44. The SMILES string of the molecule is CCN(CC)C(=O)CSCC(C)C(=O)OC. The van der Waals surface area contributed by atoms with Crippen molar-refractivity contribution in [3.05, 3.63) is 0 Å². The molecule has 0 aromatic rings. The van der Waals surface area contributed by atoms with Gasteiger partial charge in [-0.25, -0.2) is 0 Å². The number of amides is 1. The first-order valence-corrected chi connectivity index (χ1v) is 6.65. The zero-order chi connectivity index (χ0) is 12.6. The van der Waals surface area contributed by atoms with Crippen LogP contribution in [-0.4, -0.2) is 48.5 Å². The molecule has 1 atom stereocenters. The molecule has 0 aliphatic rings. The molecule has 0 saturated heterocycles. The van der Waals surface area contributed by atoms with Gasteiger partial charge in [0.2, 0.25) is 5.91 Å². The molecule has 94 valence electrons. The van der Waals surface area contributed by atoms with E-state index in [-0.39, 0.29) is 17.8 Å². The molecule has 0 N–H and O–H groups in total. The summed E-state index contributed by atoms with van der Waals surface area (Å²) in [6.45, 7) is 7.21. The van der Waals surface area contributed by atoms with Crippen molar-refractivity contribution >= 4 is 23.6 Å². The molecule has 5 heteroatoms. The van der Waals surface area contributed by atoms with Crippen LogP contribution in [0.2, 0.25) is 0 Å². The molecule has 0 aromatic carbocycles. The fourth-order valence-corrected chi connectivity index (χ4v) is 2.22. The van der Waals surface area contributed by atoms with Crippen LogP contribution in [0.25, 0.3) is 0 Å². The lowest BCUT2D eigenvalue weighted by Crippen LogP contribution is -2.32. The van der Waals surface area contributed by atoms with Crippen LogP contribution in [0, 0.1) is 5.92 Å². The number of thioether (sulfide) groups is 1. The lowest BCUT2D eigenvalue weighted by atomic mass is 10.2. The van der Waals surface area contributed by atoms with Gasteiger partial charge in [-0.1, -0.05) is 6.92 Å². The van der Waals surface area contributed by atoms with Crippen LogP contribution in [0.1, 0.15) is 20.8 Å². The third-order valence-electron chi connectivity index (χ3n) is 2.31. The van der Waals surface area contributed by atoms with Crippen LogP contribution in [-0.2, 0) is 14.3 Å². The van der Waals surface area contributed by atoms with E-state index in [1.165, 1.54) is 18.9 Å². The number of esters is 1. The molecule has 1 unspecified atom stereocenters. The molecule has 0 aromatic heterocycles. The number of hydrogen-bond acceptors (Lipinski definition) is 4. The first-order valence-electron chi connectivity index (χ1n) is 5.50. The van der Waals surface area contributed by atoms with Crippen LogP contribution in [0.3, 0.4) is 0 Å². The van der Waals surface area contributed by atoms with Gasteiger partial charge in [-0.15, -0.1) is 0 Å². The molecule has 0 radical (unpaired) electrons. The Hall–Kier alpha value is -0.710. The Balaban J connectivity index is 3.81. The highest BCUT2D eigenvalue weighted by Crippen LogP contribution is 2.10. The second-order valence-electron chi connectivity index (χ2n) is 3.51. The van der Waals surface area contributed by atoms with Crippen molar-refractivity contribution in [1.29, 1.82) is 0 Å². The Labute approximate surface area is 102 Å². The third-order valence-corrected chi connectivity index (χ3v) is 3.50. The lowest BCUT2D eigenvalue weighted by molar-refractivity contribution is -0.144. The van der Waals surface area contributed by atoms with E-state index in [0.29, 0.717) is 11.5 Å². The summed E-state index contributed by atoms with van der Waals surface area (Å²) in [5, 5.41) is 0. The third kappa shape index (κ3) is 5.39. The van der Waals surface area contributed by atoms with E-state index in [1.54, 1.807) is 11.8 Å². The van der Waals surface area contributed by atoms with E-state index >= 15 is 0 Å². The number of carbonyl (C=O) groups excluding carboxylic acids is 2. The van der Waals surface area contributed by atoms with Gasteiger partial charge in [0.05, 0.1) is 18.8 Å². The highest BCUT2D eigenvalue weighted by Gasteiger charge is 2.15. The highest BCUT2D eigenvalue weighted by atomic mass is 32.2. The van der Waals surface area contributed by atoms with Gasteiger partial charge in [0, 0.05) is 18.8 Å². The van der Waals surface area contributed by atoms with E-state index in [4.69, 9.17) is 0 Å². The fraction of sp³-hybridized carbons (Fsp3) is 0.818. The summed E-state index contributed by atoms with van der Waals surface area (Å²) in [5.74, 6) is 0.817. The molecule has 0 saturated carbocycles. The maximum atomic E-state index is 11.6. The molecule has 16 heavy (non-hydrogen) atoms. The number of ether oxygens (including phenoxy) is 1. The number of rotatable bonds is 7. The summed E-state index contributed by atoms with van der Waals surface area (Å²) >= 11 is 1.48. The minimum Gasteiger partial charge on any atom is -0.469 e. The Morgan fingerprint density at radius 3 is 2.31 bits per heavy atom. The maximum Gasteiger partial charge on any atom is 0.309 e. The zero-order valence-electron chi connectivity index (χ0n) is 10.5. The summed E-state index contributed by atoms with van der Waals surface area (Å²) in [5.41, 5.74) is 0. The molecule has 0 spiro atoms. The van der Waals surface area contributed by atoms with Gasteiger partial charge in [0.15, 0.2) is 0 Å². The van der Waals surface area contributed by atoms with Crippen LogP contribution < -0.4 is 0 Å². The molecule has 0 bridgehead atoms. The van der Waals surface area contributed by atoms with Gasteiger partial charge >= 0.3 is 5.97 Å². The van der Waals surface area contributed by atoms with Gasteiger partial charge in [0.1, 0.15) is 0 Å². The largest absolute Gasteiger partial charge is 0.469 e. The molecule has 0 rings (SSSR count). The summed E-state index contributed by atoms with van der Waals surface area (Å²) in [6.07, 6.45) is 0. The van der Waals surface area contributed by atoms with Gasteiger partial charge in [-0.2, -0.15) is 11.8 Å². The first-order chi connectivity index (χ1) is 7.56. The average molecular weight is 247 g/mol. The predicted molar refractivity (Wildman–Crippen MR) is 66.4 cm³/mol. The van der Waals surface area contributed by atoms with Crippen molar-refractivity contribution in [2.45, 2.75) is 20.8 Å². The van der Waals surface area contributed by atoms with E-state index < -0.39 is 0 Å². The fourth-order valence-electron chi connectivity index (χ4n) is 1.26. The van der Waals surface area contributed by atoms with Crippen molar-refractivity contribution in [2.75, 3.05) is 31.7 Å². The molecule has 0 fully saturated rings. The van der Waals surface area contributed by atoms with Crippen LogP contribution in [0.4, 0.5) is 0 Å². The standard InChI is InChI=1S/C11H21NO3S/c1-5-12(6-2)10(13)8-16-7-9(3)11(14)15-4/h9H,5-8H2,1-4H3. The van der Waals surface area contributed by atoms with Gasteiger partial charge in [-0.05, 0) is 13.8 Å². The van der Waals surface area contributed by atoms with Crippen molar-refractivity contribution in [3.8, 4) is 0 Å². The van der Waals surface area contributed by atoms with Gasteiger partial charge in [-0.3, -0.25) is 9.59 Å². The Morgan fingerprint density at radius 2 is 1.88 bits per heavy atom. The lowest BCUT2D eigenvalue weighted by Gasteiger charge is -2.18. The van der Waals surface area contributed by atoms with E-state index in [2.05, 4.69) is 4.74 Å². The smallest absolute Gasteiger partial charge is 0.309 e. The average Bonchev–Trinajstić information content (AvgIpc) is 2.29. The van der Waals surface area contributed by atoms with Crippen molar-refractivity contribution in [1.82, 2.24) is 4.90 Å². The summed E-state index contributed by atoms with van der Waals surface area (Å²) in [4.78, 5) is 24.5. The predicted octanol–water partition coefficient (Wildman–Crippen LogP) is 1.40. The van der Waals surface area contributed by atoms with Crippen LogP contribution in [0.15, 0.2) is 0 Å². The molecule has 0 aliphatic carbocycles. The van der Waals surface area contributed by atoms with Gasteiger partial charge in [0.25, 0.3) is 0 Å². The van der Waals surface area contributed by atoms with Crippen molar-refractivity contribution in [3.63, 3.8) is 0 Å². The normalized spacial score (nSPS) is 12.0. The molecular weight excluding hydrogens is 226 g/mol. The number of nitrogens with zero attached hydrogens (tertiary/aromatic N) is 1. The van der Waals surface area contributed by atoms with Crippen molar-refractivity contribution < 1.29 is 14.3 Å². The summed E-state index contributed by atoms with van der Waals surface area (Å²) in [7, 11) is 1.38. The number of hydrogen-bond donors (Lipinski definition) is 0. The van der Waals surface area contributed by atoms with Crippen LogP contribution >= 0.6 is 11.8 Å². The maximum absolute atomic E-state index is 11.6. The van der Waals surface area contributed by atoms with E-state index in [9.17, 15) is 9.59 Å². The number of carbonyl (C=O) groups is 2. The van der Waals surface area contributed by atoms with Gasteiger partial charge < -0.3 is 9.64 Å². The Kier molecular flexibility index (Phi) is 8.07. The number of methoxy groups -OCH3 is 1. The van der Waals surface area contributed by atoms with E-state index in [0.717, 1.165) is 13.1 Å². The second-order valence-corrected chi connectivity index (χ2v) is 4.54. The molecule has 0 heterocycles. The Morgan fingerprint density at radius 1 is 1.31 bits per heavy atom. The minimum atomic E-state index is -0.220. The monoisotopic (exact) mass is 247 g/mol. The highest BCUT2D eigenvalue weighted by molar-refractivity contribution is 7.99. The van der Waals surface area contributed by atoms with Crippen LogP contribution in [0.5, 0.6) is 0 Å². The topological polar surface area (TPSA) is 46.6 Å². The first kappa shape index (κ1) is 15.3. The Bertz CT molecular complexity index is 229.